The minimum absolute atomic E-state index is 0.0714. The van der Waals surface area contributed by atoms with Gasteiger partial charge in [0, 0.05) is 23.6 Å². The fourth-order valence-electron chi connectivity index (χ4n) is 2.30. The molecule has 0 saturated carbocycles. The van der Waals surface area contributed by atoms with Crippen LogP contribution in [-0.4, -0.2) is 36.3 Å². The predicted octanol–water partition coefficient (Wildman–Crippen LogP) is 2.62. The summed E-state index contributed by atoms with van der Waals surface area (Å²) in [7, 11) is -3.62. The van der Waals surface area contributed by atoms with Crippen molar-refractivity contribution in [1.82, 2.24) is 4.31 Å². The maximum atomic E-state index is 13.6. The molecule has 1 saturated heterocycles. The molecule has 0 amide bonds. The molecule has 0 aromatic heterocycles. The Hall–Kier alpha value is -0.790. The number of halogens is 1. The number of anilines is 1. The normalized spacial score (nSPS) is 20.2. The van der Waals surface area contributed by atoms with Gasteiger partial charge < -0.3 is 5.73 Å². The first-order valence-corrected chi connectivity index (χ1v) is 9.26. The van der Waals surface area contributed by atoms with E-state index in [4.69, 9.17) is 5.73 Å². The molecule has 0 atom stereocenters. The van der Waals surface area contributed by atoms with Gasteiger partial charge >= 0.3 is 0 Å². The molecule has 0 bridgehead atoms. The number of benzene rings is 1. The largest absolute Gasteiger partial charge is 0.396 e. The molecule has 0 radical (unpaired) electrons. The lowest BCUT2D eigenvalue weighted by Crippen LogP contribution is -2.33. The van der Waals surface area contributed by atoms with Crippen molar-refractivity contribution in [3.05, 3.63) is 23.5 Å². The van der Waals surface area contributed by atoms with Gasteiger partial charge in [-0.2, -0.15) is 16.1 Å². The monoisotopic (exact) mass is 332 g/mol. The van der Waals surface area contributed by atoms with E-state index < -0.39 is 15.8 Å². The van der Waals surface area contributed by atoms with Gasteiger partial charge in [-0.05, 0) is 31.0 Å². The molecule has 1 fully saturated rings. The zero-order chi connectivity index (χ0) is 15.8. The molecule has 0 spiro atoms. The predicted molar refractivity (Wildman–Crippen MR) is 85.5 cm³/mol. The van der Waals surface area contributed by atoms with Crippen molar-refractivity contribution in [1.29, 1.82) is 0 Å². The smallest absolute Gasteiger partial charge is 0.243 e. The minimum Gasteiger partial charge on any atom is -0.396 e. The summed E-state index contributed by atoms with van der Waals surface area (Å²) in [6.07, 6.45) is 0.784. The average Bonchev–Trinajstić information content (AvgIpc) is 2.56. The molecule has 1 heterocycles. The first-order chi connectivity index (χ1) is 9.63. The number of nitrogens with two attached hydrogens (primary N) is 1. The summed E-state index contributed by atoms with van der Waals surface area (Å²) < 4.78 is 40.5. The molecular weight excluding hydrogens is 311 g/mol. The molecule has 0 unspecified atom stereocenters. The summed E-state index contributed by atoms with van der Waals surface area (Å²) >= 11 is 1.77. The van der Waals surface area contributed by atoms with E-state index in [1.165, 1.54) is 23.4 Å². The van der Waals surface area contributed by atoms with E-state index in [-0.39, 0.29) is 20.9 Å². The molecule has 1 aliphatic rings. The third kappa shape index (κ3) is 3.52. The summed E-state index contributed by atoms with van der Waals surface area (Å²) in [6.45, 7) is 6.69. The fourth-order valence-corrected chi connectivity index (χ4v) is 5.08. The van der Waals surface area contributed by atoms with Gasteiger partial charge in [0.15, 0.2) is 0 Å². The molecule has 21 heavy (non-hydrogen) atoms. The number of rotatable bonds is 2. The van der Waals surface area contributed by atoms with Crippen LogP contribution in [0.5, 0.6) is 0 Å². The van der Waals surface area contributed by atoms with Gasteiger partial charge in [0.05, 0.1) is 10.6 Å². The SMILES string of the molecule is Cc1cc(S(=O)(=O)N2CCSC(C)(C)CC2)cc(N)c1F. The van der Waals surface area contributed by atoms with E-state index >= 15 is 0 Å². The van der Waals surface area contributed by atoms with E-state index in [9.17, 15) is 12.8 Å². The molecule has 2 rings (SSSR count). The number of sulfonamides is 1. The minimum atomic E-state index is -3.62. The third-order valence-electron chi connectivity index (χ3n) is 3.69. The second kappa shape index (κ2) is 5.78. The van der Waals surface area contributed by atoms with Gasteiger partial charge in [0.2, 0.25) is 10.0 Å². The molecule has 1 aromatic carbocycles. The second-order valence-electron chi connectivity index (χ2n) is 5.91. The van der Waals surface area contributed by atoms with E-state index in [1.807, 2.05) is 0 Å². The maximum absolute atomic E-state index is 13.6. The van der Waals surface area contributed by atoms with Crippen LogP contribution >= 0.6 is 11.8 Å². The molecular formula is C14H21FN2O2S2. The van der Waals surface area contributed by atoms with Crippen LogP contribution in [0.3, 0.4) is 0 Å². The lowest BCUT2D eigenvalue weighted by Gasteiger charge is -2.22. The van der Waals surface area contributed by atoms with Crippen molar-refractivity contribution in [2.75, 3.05) is 24.6 Å². The number of nitrogens with zero attached hydrogens (tertiary/aromatic N) is 1. The van der Waals surface area contributed by atoms with Gasteiger partial charge in [0.25, 0.3) is 0 Å². The molecule has 2 N–H and O–H groups in total. The van der Waals surface area contributed by atoms with Crippen LogP contribution in [0, 0.1) is 12.7 Å². The average molecular weight is 332 g/mol. The van der Waals surface area contributed by atoms with E-state index in [0.29, 0.717) is 13.1 Å². The highest BCUT2D eigenvalue weighted by atomic mass is 32.2. The third-order valence-corrected chi connectivity index (χ3v) is 6.94. The first-order valence-electron chi connectivity index (χ1n) is 6.83. The summed E-state index contributed by atoms with van der Waals surface area (Å²) in [5.74, 6) is 0.198. The molecule has 7 heteroatoms. The van der Waals surface area contributed by atoms with Crippen molar-refractivity contribution in [2.24, 2.45) is 0 Å². The summed E-state index contributed by atoms with van der Waals surface area (Å²) in [5.41, 5.74) is 5.68. The van der Waals surface area contributed by atoms with Crippen molar-refractivity contribution < 1.29 is 12.8 Å². The summed E-state index contributed by atoms with van der Waals surface area (Å²) in [4.78, 5) is 0.0728. The highest BCUT2D eigenvalue weighted by molar-refractivity contribution is 8.00. The number of thioether (sulfide) groups is 1. The molecule has 4 nitrogen and oxygen atoms in total. The lowest BCUT2D eigenvalue weighted by molar-refractivity contribution is 0.415. The zero-order valence-corrected chi connectivity index (χ0v) is 14.2. The van der Waals surface area contributed by atoms with Crippen LogP contribution in [-0.2, 0) is 10.0 Å². The molecule has 0 aliphatic carbocycles. The van der Waals surface area contributed by atoms with Crippen LogP contribution in [0.15, 0.2) is 17.0 Å². The van der Waals surface area contributed by atoms with Gasteiger partial charge in [-0.25, -0.2) is 12.8 Å². The van der Waals surface area contributed by atoms with Crippen LogP contribution in [0.1, 0.15) is 25.8 Å². The Morgan fingerprint density at radius 3 is 2.62 bits per heavy atom. The fraction of sp³-hybridized carbons (Fsp3) is 0.571. The lowest BCUT2D eigenvalue weighted by atomic mass is 10.1. The Bertz CT molecular complexity index is 621. The second-order valence-corrected chi connectivity index (χ2v) is 9.65. The first kappa shape index (κ1) is 16.6. The Morgan fingerprint density at radius 1 is 1.33 bits per heavy atom. The van der Waals surface area contributed by atoms with Gasteiger partial charge in [0.1, 0.15) is 5.82 Å². The highest BCUT2D eigenvalue weighted by Gasteiger charge is 2.31. The Kier molecular flexibility index (Phi) is 4.56. The van der Waals surface area contributed by atoms with Crippen LogP contribution in [0.4, 0.5) is 10.1 Å². The van der Waals surface area contributed by atoms with E-state index in [1.54, 1.807) is 11.8 Å². The van der Waals surface area contributed by atoms with Crippen molar-refractivity contribution in [3.8, 4) is 0 Å². The number of hydrogen-bond acceptors (Lipinski definition) is 4. The quantitative estimate of drug-likeness (QED) is 0.846. The van der Waals surface area contributed by atoms with Gasteiger partial charge in [-0.3, -0.25) is 0 Å². The zero-order valence-electron chi connectivity index (χ0n) is 12.5. The Balaban J connectivity index is 2.34. The van der Waals surface area contributed by atoms with Crippen molar-refractivity contribution in [3.63, 3.8) is 0 Å². The standard InChI is InChI=1S/C14H21FN2O2S2/c1-10-8-11(9-12(16)13(10)15)21(18,19)17-5-4-14(2,3)20-7-6-17/h8-9H,4-7,16H2,1-3H3. The van der Waals surface area contributed by atoms with Crippen LogP contribution in [0.25, 0.3) is 0 Å². The molecule has 1 aliphatic heterocycles. The number of hydrogen-bond donors (Lipinski definition) is 1. The van der Waals surface area contributed by atoms with Crippen molar-refractivity contribution in [2.45, 2.75) is 36.8 Å². The topological polar surface area (TPSA) is 63.4 Å². The summed E-state index contributed by atoms with van der Waals surface area (Å²) in [6, 6.07) is 2.56. The van der Waals surface area contributed by atoms with Crippen LogP contribution < -0.4 is 5.73 Å². The Morgan fingerprint density at radius 2 is 2.00 bits per heavy atom. The molecule has 1 aromatic rings. The number of nitrogen functional groups attached to an aromatic ring is 1. The Labute approximate surface area is 129 Å². The highest BCUT2D eigenvalue weighted by Crippen LogP contribution is 2.33. The summed E-state index contributed by atoms with van der Waals surface area (Å²) in [5, 5.41) is 0. The van der Waals surface area contributed by atoms with E-state index in [0.717, 1.165) is 12.2 Å². The van der Waals surface area contributed by atoms with E-state index in [2.05, 4.69) is 13.8 Å². The van der Waals surface area contributed by atoms with Gasteiger partial charge in [-0.15, -0.1) is 0 Å². The van der Waals surface area contributed by atoms with Crippen molar-refractivity contribution >= 4 is 27.5 Å². The molecule has 118 valence electrons. The van der Waals surface area contributed by atoms with Crippen LogP contribution in [0.2, 0.25) is 0 Å². The number of aryl methyl sites for hydroxylation is 1. The maximum Gasteiger partial charge on any atom is 0.243 e. The van der Waals surface area contributed by atoms with Gasteiger partial charge in [-0.1, -0.05) is 13.8 Å².